The third kappa shape index (κ3) is 1.45. The van der Waals surface area contributed by atoms with E-state index in [0.717, 1.165) is 22.1 Å². The summed E-state index contributed by atoms with van der Waals surface area (Å²) in [6.45, 7) is 5.73. The maximum atomic E-state index is 5.44. The van der Waals surface area contributed by atoms with Gasteiger partial charge in [-0.3, -0.25) is 0 Å². The summed E-state index contributed by atoms with van der Waals surface area (Å²) in [4.78, 5) is 0. The molecule has 0 aliphatic carbocycles. The minimum atomic E-state index is 0.906. The van der Waals surface area contributed by atoms with E-state index < -0.39 is 0 Å². The lowest BCUT2D eigenvalue weighted by Gasteiger charge is -1.91. The summed E-state index contributed by atoms with van der Waals surface area (Å²) in [7, 11) is 0. The summed E-state index contributed by atoms with van der Waals surface area (Å²) in [5.74, 6) is 0. The van der Waals surface area contributed by atoms with Crippen LogP contribution in [0.15, 0.2) is 41.5 Å². The van der Waals surface area contributed by atoms with Crippen molar-refractivity contribution in [3.63, 3.8) is 0 Å². The van der Waals surface area contributed by atoms with Crippen LogP contribution in [0.4, 0.5) is 0 Å². The first kappa shape index (κ1) is 7.99. The van der Waals surface area contributed by atoms with Crippen molar-refractivity contribution in [1.82, 2.24) is 0 Å². The molecule has 1 heteroatoms. The average molecular weight is 171 g/mol. The Balaban J connectivity index is 2.73. The molecule has 0 saturated carbocycles. The monoisotopic (exact) mass is 171 g/mol. The Morgan fingerprint density at radius 3 is 2.92 bits per heavy atom. The van der Waals surface area contributed by atoms with Crippen LogP contribution in [-0.2, 0) is 0 Å². The minimum absolute atomic E-state index is 0.906. The van der Waals surface area contributed by atoms with Crippen LogP contribution in [0.2, 0.25) is 0 Å². The van der Waals surface area contributed by atoms with Crippen molar-refractivity contribution in [2.24, 2.45) is 0 Å². The minimum Gasteiger partial charge on any atom is -0.215 e. The van der Waals surface area contributed by atoms with Crippen LogP contribution in [0.25, 0.3) is 17.0 Å². The molecule has 2 rings (SSSR count). The maximum absolute atomic E-state index is 5.44. The third-order valence-corrected chi connectivity index (χ3v) is 2.03. The quantitative estimate of drug-likeness (QED) is 0.596. The lowest BCUT2D eigenvalue weighted by Crippen LogP contribution is -1.77. The van der Waals surface area contributed by atoms with Crippen molar-refractivity contribution in [3.8, 4) is 0 Å². The molecular weight excluding hydrogens is 160 g/mol. The Morgan fingerprint density at radius 2 is 2.15 bits per heavy atom. The van der Waals surface area contributed by atoms with E-state index in [1.165, 1.54) is 0 Å². The van der Waals surface area contributed by atoms with Crippen molar-refractivity contribution in [3.05, 3.63) is 48.2 Å². The van der Waals surface area contributed by atoms with Gasteiger partial charge in [0, 0.05) is 5.56 Å². The van der Waals surface area contributed by atoms with Crippen molar-refractivity contribution in [2.45, 2.75) is 6.92 Å². The molecule has 0 bridgehead atoms. The Bertz CT molecular complexity index is 458. The summed E-state index contributed by atoms with van der Waals surface area (Å²) in [5, 5.41) is 1.13. The van der Waals surface area contributed by atoms with Gasteiger partial charge in [0.1, 0.15) is 0 Å². The molecule has 0 N–H and O–H groups in total. The van der Waals surface area contributed by atoms with Crippen molar-refractivity contribution in [1.29, 1.82) is 0 Å². The number of fused-ring (bicyclic) bond motifs is 1. The fourth-order valence-electron chi connectivity index (χ4n) is 1.33. The Morgan fingerprint density at radius 1 is 1.31 bits per heavy atom. The molecule has 64 valence electrons. The molecule has 0 spiro atoms. The second-order valence-electron chi connectivity index (χ2n) is 3.13. The van der Waals surface area contributed by atoms with Gasteiger partial charge in [-0.25, -0.2) is 4.42 Å². The van der Waals surface area contributed by atoms with Crippen LogP contribution in [0.1, 0.15) is 11.1 Å². The first-order valence-electron chi connectivity index (χ1n) is 4.24. The Kier molecular flexibility index (Phi) is 1.85. The number of rotatable bonds is 1. The SMILES string of the molecule is C=Cc1ccc2cc(C)c[o+]c2c1. The van der Waals surface area contributed by atoms with Gasteiger partial charge in [-0.05, 0) is 24.6 Å². The molecule has 0 aliphatic rings. The second-order valence-corrected chi connectivity index (χ2v) is 3.13. The third-order valence-electron chi connectivity index (χ3n) is 2.03. The molecule has 1 heterocycles. The van der Waals surface area contributed by atoms with E-state index in [-0.39, 0.29) is 0 Å². The highest BCUT2D eigenvalue weighted by atomic mass is 16.3. The molecule has 1 aromatic heterocycles. The Labute approximate surface area is 77.3 Å². The molecular formula is C12H11O+. The van der Waals surface area contributed by atoms with E-state index in [1.54, 1.807) is 6.26 Å². The molecule has 0 unspecified atom stereocenters. The number of benzene rings is 1. The van der Waals surface area contributed by atoms with Crippen LogP contribution >= 0.6 is 0 Å². The van der Waals surface area contributed by atoms with Crippen LogP contribution in [-0.4, -0.2) is 0 Å². The highest BCUT2D eigenvalue weighted by Crippen LogP contribution is 2.17. The summed E-state index contributed by atoms with van der Waals surface area (Å²) >= 11 is 0. The molecule has 0 atom stereocenters. The van der Waals surface area contributed by atoms with Gasteiger partial charge in [0.15, 0.2) is 0 Å². The van der Waals surface area contributed by atoms with Gasteiger partial charge in [0.2, 0.25) is 0 Å². The maximum Gasteiger partial charge on any atom is 0.360 e. The lowest BCUT2D eigenvalue weighted by atomic mass is 10.1. The fraction of sp³-hybridized carbons (Fsp3) is 0.0833. The van der Waals surface area contributed by atoms with E-state index in [0.29, 0.717) is 0 Å². The molecule has 0 saturated heterocycles. The highest BCUT2D eigenvalue weighted by molar-refractivity contribution is 5.79. The van der Waals surface area contributed by atoms with Gasteiger partial charge in [0.05, 0.1) is 11.5 Å². The highest BCUT2D eigenvalue weighted by Gasteiger charge is 2.05. The van der Waals surface area contributed by atoms with Gasteiger partial charge in [-0.15, -0.1) is 0 Å². The molecule has 0 amide bonds. The second kappa shape index (κ2) is 3.02. The van der Waals surface area contributed by atoms with Gasteiger partial charge < -0.3 is 0 Å². The van der Waals surface area contributed by atoms with Crippen molar-refractivity contribution >= 4 is 17.0 Å². The molecule has 1 aromatic carbocycles. The van der Waals surface area contributed by atoms with Gasteiger partial charge in [0.25, 0.3) is 0 Å². The molecule has 0 fully saturated rings. The van der Waals surface area contributed by atoms with Crippen LogP contribution in [0, 0.1) is 6.92 Å². The zero-order valence-electron chi connectivity index (χ0n) is 7.58. The normalized spacial score (nSPS) is 10.2. The standard InChI is InChI=1S/C12H11O/c1-3-10-4-5-11-6-9(2)8-13-12(11)7-10/h3-8H,1H2,2H3/q+1. The molecule has 13 heavy (non-hydrogen) atoms. The Hall–Kier alpha value is -1.63. The van der Waals surface area contributed by atoms with Crippen LogP contribution in [0.3, 0.4) is 0 Å². The number of aryl methyl sites for hydroxylation is 1. The van der Waals surface area contributed by atoms with Crippen LogP contribution in [0.5, 0.6) is 0 Å². The topological polar surface area (TPSA) is 11.3 Å². The predicted octanol–water partition coefficient (Wildman–Crippen LogP) is 3.67. The van der Waals surface area contributed by atoms with Crippen LogP contribution < -0.4 is 0 Å². The van der Waals surface area contributed by atoms with Gasteiger partial charge in [-0.2, -0.15) is 0 Å². The zero-order chi connectivity index (χ0) is 9.26. The molecule has 0 aliphatic heterocycles. The van der Waals surface area contributed by atoms with E-state index in [2.05, 4.69) is 12.6 Å². The van der Waals surface area contributed by atoms with Crippen molar-refractivity contribution < 1.29 is 4.42 Å². The predicted molar refractivity (Wildman–Crippen MR) is 55.4 cm³/mol. The summed E-state index contributed by atoms with van der Waals surface area (Å²) < 4.78 is 5.44. The lowest BCUT2D eigenvalue weighted by molar-refractivity contribution is 0.599. The summed E-state index contributed by atoms with van der Waals surface area (Å²) in [6, 6.07) is 8.17. The zero-order valence-corrected chi connectivity index (χ0v) is 7.58. The molecule has 2 aromatic rings. The molecule has 1 nitrogen and oxygen atoms in total. The first-order valence-corrected chi connectivity index (χ1v) is 4.24. The van der Waals surface area contributed by atoms with Gasteiger partial charge in [-0.1, -0.05) is 18.7 Å². The fourth-order valence-corrected chi connectivity index (χ4v) is 1.33. The number of hydrogen-bond acceptors (Lipinski definition) is 0. The van der Waals surface area contributed by atoms with E-state index in [1.807, 2.05) is 31.2 Å². The first-order chi connectivity index (χ1) is 6.29. The largest absolute Gasteiger partial charge is 0.360 e. The molecule has 0 radical (unpaired) electrons. The summed E-state index contributed by atoms with van der Waals surface area (Å²) in [6.07, 6.45) is 3.57. The van der Waals surface area contributed by atoms with E-state index >= 15 is 0 Å². The summed E-state index contributed by atoms with van der Waals surface area (Å²) in [5.41, 5.74) is 3.13. The smallest absolute Gasteiger partial charge is 0.215 e. The average Bonchev–Trinajstić information content (AvgIpc) is 2.17. The number of hydrogen-bond donors (Lipinski definition) is 0. The van der Waals surface area contributed by atoms with E-state index in [4.69, 9.17) is 4.42 Å². The van der Waals surface area contributed by atoms with Crippen molar-refractivity contribution in [2.75, 3.05) is 0 Å². The van der Waals surface area contributed by atoms with Gasteiger partial charge >= 0.3 is 11.8 Å². The van der Waals surface area contributed by atoms with E-state index in [9.17, 15) is 0 Å².